The molecular formula is C9H17N3O2. The van der Waals surface area contributed by atoms with Crippen LogP contribution in [0.4, 0.5) is 0 Å². The minimum atomic E-state index is -0.0892. The number of hydrogen-bond acceptors (Lipinski definition) is 3. The van der Waals surface area contributed by atoms with Gasteiger partial charge < -0.3 is 16.0 Å². The molecule has 1 aliphatic heterocycles. The van der Waals surface area contributed by atoms with Crippen molar-refractivity contribution in [3.8, 4) is 0 Å². The highest BCUT2D eigenvalue weighted by Crippen LogP contribution is 2.08. The molecule has 0 aromatic heterocycles. The molecule has 1 aliphatic rings. The van der Waals surface area contributed by atoms with Crippen LogP contribution in [0.5, 0.6) is 0 Å². The van der Waals surface area contributed by atoms with Gasteiger partial charge in [0.25, 0.3) is 0 Å². The van der Waals surface area contributed by atoms with Gasteiger partial charge in [-0.2, -0.15) is 0 Å². The van der Waals surface area contributed by atoms with Crippen LogP contribution >= 0.6 is 0 Å². The molecule has 14 heavy (non-hydrogen) atoms. The minimum absolute atomic E-state index is 0.0824. The molecule has 1 rings (SSSR count). The molecule has 0 aliphatic carbocycles. The van der Waals surface area contributed by atoms with Crippen molar-refractivity contribution in [2.75, 3.05) is 26.2 Å². The molecule has 5 heteroatoms. The largest absolute Gasteiger partial charge is 0.355 e. The third-order valence-electron chi connectivity index (χ3n) is 2.21. The maximum atomic E-state index is 11.3. The number of carbonyl (C=O) groups excluding carboxylic acids is 2. The lowest BCUT2D eigenvalue weighted by Gasteiger charge is -2.14. The molecule has 0 bridgehead atoms. The first-order valence-corrected chi connectivity index (χ1v) is 4.98. The molecule has 0 saturated carbocycles. The van der Waals surface area contributed by atoms with Crippen molar-refractivity contribution in [3.05, 3.63) is 0 Å². The number of hydrogen-bond donors (Lipinski definition) is 2. The van der Waals surface area contributed by atoms with Gasteiger partial charge in [0, 0.05) is 19.5 Å². The van der Waals surface area contributed by atoms with Crippen LogP contribution in [-0.2, 0) is 9.59 Å². The SMILES string of the molecule is NCCCNC(=O)CN1CCCC1=O. The number of amides is 2. The van der Waals surface area contributed by atoms with Crippen molar-refractivity contribution >= 4 is 11.8 Å². The van der Waals surface area contributed by atoms with E-state index in [1.165, 1.54) is 0 Å². The first kappa shape index (κ1) is 11.0. The Bertz CT molecular complexity index is 218. The van der Waals surface area contributed by atoms with Crippen LogP contribution in [0, 0.1) is 0 Å². The molecule has 2 amide bonds. The third-order valence-corrected chi connectivity index (χ3v) is 2.21. The molecule has 5 nitrogen and oxygen atoms in total. The van der Waals surface area contributed by atoms with Gasteiger partial charge in [-0.25, -0.2) is 0 Å². The quantitative estimate of drug-likeness (QED) is 0.562. The van der Waals surface area contributed by atoms with E-state index in [9.17, 15) is 9.59 Å². The van der Waals surface area contributed by atoms with Gasteiger partial charge in [0.15, 0.2) is 0 Å². The predicted octanol–water partition coefficient (Wildman–Crippen LogP) is -0.926. The first-order valence-electron chi connectivity index (χ1n) is 4.98. The van der Waals surface area contributed by atoms with Gasteiger partial charge in [-0.05, 0) is 19.4 Å². The number of likely N-dealkylation sites (tertiary alicyclic amines) is 1. The van der Waals surface area contributed by atoms with Crippen molar-refractivity contribution in [2.24, 2.45) is 5.73 Å². The Morgan fingerprint density at radius 2 is 2.36 bits per heavy atom. The van der Waals surface area contributed by atoms with E-state index in [2.05, 4.69) is 5.32 Å². The van der Waals surface area contributed by atoms with Gasteiger partial charge >= 0.3 is 0 Å². The topological polar surface area (TPSA) is 75.4 Å². The van der Waals surface area contributed by atoms with Gasteiger partial charge in [-0.3, -0.25) is 9.59 Å². The number of nitrogens with zero attached hydrogens (tertiary/aromatic N) is 1. The smallest absolute Gasteiger partial charge is 0.239 e. The fourth-order valence-electron chi connectivity index (χ4n) is 1.43. The minimum Gasteiger partial charge on any atom is -0.355 e. The van der Waals surface area contributed by atoms with Gasteiger partial charge in [-0.1, -0.05) is 0 Å². The van der Waals surface area contributed by atoms with Crippen molar-refractivity contribution in [1.82, 2.24) is 10.2 Å². The van der Waals surface area contributed by atoms with Crippen LogP contribution in [0.2, 0.25) is 0 Å². The highest BCUT2D eigenvalue weighted by Gasteiger charge is 2.21. The molecule has 3 N–H and O–H groups in total. The standard InChI is InChI=1S/C9H17N3O2/c10-4-2-5-11-8(13)7-12-6-1-3-9(12)14/h1-7,10H2,(H,11,13). The van der Waals surface area contributed by atoms with E-state index in [0.29, 0.717) is 26.1 Å². The second kappa shape index (κ2) is 5.59. The van der Waals surface area contributed by atoms with Gasteiger partial charge in [0.2, 0.25) is 11.8 Å². The Morgan fingerprint density at radius 1 is 1.57 bits per heavy atom. The Morgan fingerprint density at radius 3 is 2.93 bits per heavy atom. The molecule has 80 valence electrons. The summed E-state index contributed by atoms with van der Waals surface area (Å²) < 4.78 is 0. The van der Waals surface area contributed by atoms with Crippen LogP contribution in [0.3, 0.4) is 0 Å². The molecule has 1 heterocycles. The molecule has 1 fully saturated rings. The molecule has 1 saturated heterocycles. The monoisotopic (exact) mass is 199 g/mol. The van der Waals surface area contributed by atoms with Crippen molar-refractivity contribution in [2.45, 2.75) is 19.3 Å². The summed E-state index contributed by atoms with van der Waals surface area (Å²) in [4.78, 5) is 24.0. The van der Waals surface area contributed by atoms with Gasteiger partial charge in [-0.15, -0.1) is 0 Å². The summed E-state index contributed by atoms with van der Waals surface area (Å²) in [5, 5.41) is 2.72. The summed E-state index contributed by atoms with van der Waals surface area (Å²) in [5.41, 5.74) is 5.28. The summed E-state index contributed by atoms with van der Waals surface area (Å²) in [6.45, 7) is 2.08. The molecular weight excluding hydrogens is 182 g/mol. The van der Waals surface area contributed by atoms with Crippen molar-refractivity contribution in [3.63, 3.8) is 0 Å². The van der Waals surface area contributed by atoms with E-state index in [1.807, 2.05) is 0 Å². The fourth-order valence-corrected chi connectivity index (χ4v) is 1.43. The number of nitrogens with two attached hydrogens (primary N) is 1. The highest BCUT2D eigenvalue weighted by atomic mass is 16.2. The zero-order valence-electron chi connectivity index (χ0n) is 8.29. The molecule has 0 aromatic carbocycles. The van der Waals surface area contributed by atoms with Crippen LogP contribution in [0.15, 0.2) is 0 Å². The van der Waals surface area contributed by atoms with E-state index >= 15 is 0 Å². The lowest BCUT2D eigenvalue weighted by Crippen LogP contribution is -2.38. The van der Waals surface area contributed by atoms with E-state index in [1.54, 1.807) is 4.90 Å². The normalized spacial score (nSPS) is 16.1. The van der Waals surface area contributed by atoms with Gasteiger partial charge in [0.1, 0.15) is 0 Å². The molecule has 0 unspecified atom stereocenters. The Balaban J connectivity index is 2.16. The van der Waals surface area contributed by atoms with Crippen molar-refractivity contribution in [1.29, 1.82) is 0 Å². The van der Waals surface area contributed by atoms with E-state index < -0.39 is 0 Å². The van der Waals surface area contributed by atoms with Crippen molar-refractivity contribution < 1.29 is 9.59 Å². The highest BCUT2D eigenvalue weighted by molar-refractivity contribution is 5.85. The number of rotatable bonds is 5. The molecule has 0 radical (unpaired) electrons. The second-order valence-electron chi connectivity index (χ2n) is 3.41. The number of carbonyl (C=O) groups is 2. The number of nitrogens with one attached hydrogen (secondary N) is 1. The summed E-state index contributed by atoms with van der Waals surface area (Å²) in [6.07, 6.45) is 2.23. The first-order chi connectivity index (χ1) is 6.74. The molecule has 0 spiro atoms. The average Bonchev–Trinajstić information content (AvgIpc) is 2.52. The summed E-state index contributed by atoms with van der Waals surface area (Å²) in [6, 6.07) is 0. The lowest BCUT2D eigenvalue weighted by atomic mass is 10.4. The maximum absolute atomic E-state index is 11.3. The van der Waals surface area contributed by atoms with Crippen LogP contribution in [-0.4, -0.2) is 42.9 Å². The van der Waals surface area contributed by atoms with E-state index in [0.717, 1.165) is 12.8 Å². The molecule has 0 atom stereocenters. The van der Waals surface area contributed by atoms with Gasteiger partial charge in [0.05, 0.1) is 6.54 Å². The summed E-state index contributed by atoms with van der Waals surface area (Å²) in [5.74, 6) is -0.00678. The predicted molar refractivity (Wildman–Crippen MR) is 52.5 cm³/mol. The lowest BCUT2D eigenvalue weighted by molar-refractivity contribution is -0.133. The van der Waals surface area contributed by atoms with Crippen LogP contribution in [0.1, 0.15) is 19.3 Å². The fraction of sp³-hybridized carbons (Fsp3) is 0.778. The summed E-state index contributed by atoms with van der Waals surface area (Å²) in [7, 11) is 0. The van der Waals surface area contributed by atoms with Crippen LogP contribution < -0.4 is 11.1 Å². The zero-order chi connectivity index (χ0) is 10.4. The molecule has 0 aromatic rings. The van der Waals surface area contributed by atoms with Crippen LogP contribution in [0.25, 0.3) is 0 Å². The summed E-state index contributed by atoms with van der Waals surface area (Å²) >= 11 is 0. The van der Waals surface area contributed by atoms with E-state index in [4.69, 9.17) is 5.73 Å². The average molecular weight is 199 g/mol. The van der Waals surface area contributed by atoms with E-state index in [-0.39, 0.29) is 18.4 Å². The zero-order valence-corrected chi connectivity index (χ0v) is 8.29. The second-order valence-corrected chi connectivity index (χ2v) is 3.41. The maximum Gasteiger partial charge on any atom is 0.239 e. The Labute approximate surface area is 83.6 Å². The Kier molecular flexibility index (Phi) is 4.39. The Hall–Kier alpha value is -1.10. The third kappa shape index (κ3) is 3.33.